The molecule has 3 nitrogen and oxygen atoms in total. The molecule has 1 heterocycles. The maximum Gasteiger partial charge on any atom is 0.122 e. The zero-order valence-electron chi connectivity index (χ0n) is 11.8. The molecule has 0 saturated heterocycles. The molecule has 2 aromatic rings. The second-order valence-electron chi connectivity index (χ2n) is 4.69. The zero-order valence-corrected chi connectivity index (χ0v) is 12.6. The first-order valence-corrected chi connectivity index (χ1v) is 7.11. The average Bonchev–Trinajstić information content (AvgIpc) is 2.47. The number of methoxy groups -OCH3 is 1. The third kappa shape index (κ3) is 4.22. The van der Waals surface area contributed by atoms with Crippen molar-refractivity contribution in [2.75, 3.05) is 7.11 Å². The molecule has 1 aromatic carbocycles. The SMILES string of the molecule is COc1cc(C)nc(CNCc2ccc(CCl)cc2)c1. The first-order chi connectivity index (χ1) is 9.71. The summed E-state index contributed by atoms with van der Waals surface area (Å²) in [6.07, 6.45) is 0. The van der Waals surface area contributed by atoms with Crippen molar-refractivity contribution in [3.8, 4) is 5.75 Å². The van der Waals surface area contributed by atoms with Crippen molar-refractivity contribution in [2.45, 2.75) is 25.9 Å². The van der Waals surface area contributed by atoms with Crippen molar-refractivity contribution in [1.82, 2.24) is 10.3 Å². The van der Waals surface area contributed by atoms with Gasteiger partial charge in [0.05, 0.1) is 12.8 Å². The van der Waals surface area contributed by atoms with Gasteiger partial charge in [-0.3, -0.25) is 4.98 Å². The Hall–Kier alpha value is -1.58. The van der Waals surface area contributed by atoms with E-state index in [0.717, 1.165) is 35.8 Å². The molecule has 0 aliphatic rings. The van der Waals surface area contributed by atoms with Gasteiger partial charge in [-0.15, -0.1) is 11.6 Å². The molecule has 0 saturated carbocycles. The fraction of sp³-hybridized carbons (Fsp3) is 0.312. The molecule has 0 aliphatic heterocycles. The first-order valence-electron chi connectivity index (χ1n) is 6.57. The van der Waals surface area contributed by atoms with E-state index in [0.29, 0.717) is 5.88 Å². The highest BCUT2D eigenvalue weighted by Crippen LogP contribution is 2.13. The van der Waals surface area contributed by atoms with Gasteiger partial charge >= 0.3 is 0 Å². The van der Waals surface area contributed by atoms with Crippen LogP contribution in [-0.2, 0) is 19.0 Å². The molecule has 0 spiro atoms. The smallest absolute Gasteiger partial charge is 0.122 e. The van der Waals surface area contributed by atoms with Crippen LogP contribution in [-0.4, -0.2) is 12.1 Å². The third-order valence-electron chi connectivity index (χ3n) is 3.03. The van der Waals surface area contributed by atoms with Crippen LogP contribution < -0.4 is 10.1 Å². The van der Waals surface area contributed by atoms with E-state index < -0.39 is 0 Å². The number of nitrogens with one attached hydrogen (secondary N) is 1. The summed E-state index contributed by atoms with van der Waals surface area (Å²) in [6.45, 7) is 3.49. The number of hydrogen-bond acceptors (Lipinski definition) is 3. The number of pyridine rings is 1. The molecule has 2 rings (SSSR count). The molecule has 1 aromatic heterocycles. The molecule has 4 heteroatoms. The average molecular weight is 291 g/mol. The summed E-state index contributed by atoms with van der Waals surface area (Å²) in [5.74, 6) is 1.40. The molecule has 0 aliphatic carbocycles. The van der Waals surface area contributed by atoms with Crippen LogP contribution in [0.2, 0.25) is 0 Å². The predicted molar refractivity (Wildman–Crippen MR) is 82.1 cm³/mol. The van der Waals surface area contributed by atoms with Crippen molar-refractivity contribution >= 4 is 11.6 Å². The molecule has 106 valence electrons. The molecular weight excluding hydrogens is 272 g/mol. The van der Waals surface area contributed by atoms with Gasteiger partial charge in [0.25, 0.3) is 0 Å². The van der Waals surface area contributed by atoms with Crippen LogP contribution >= 0.6 is 11.6 Å². The van der Waals surface area contributed by atoms with E-state index in [1.807, 2.05) is 19.1 Å². The van der Waals surface area contributed by atoms with Gasteiger partial charge in [-0.25, -0.2) is 0 Å². The van der Waals surface area contributed by atoms with Crippen LogP contribution in [0.15, 0.2) is 36.4 Å². The topological polar surface area (TPSA) is 34.1 Å². The zero-order chi connectivity index (χ0) is 14.4. The summed E-state index contributed by atoms with van der Waals surface area (Å²) in [5.41, 5.74) is 4.32. The minimum atomic E-state index is 0.556. The number of benzene rings is 1. The first kappa shape index (κ1) is 14.8. The largest absolute Gasteiger partial charge is 0.497 e. The van der Waals surface area contributed by atoms with E-state index in [-0.39, 0.29) is 0 Å². The van der Waals surface area contributed by atoms with Crippen LogP contribution in [0, 0.1) is 6.92 Å². The third-order valence-corrected chi connectivity index (χ3v) is 3.34. The number of aromatic nitrogens is 1. The van der Waals surface area contributed by atoms with Gasteiger partial charge in [-0.1, -0.05) is 24.3 Å². The van der Waals surface area contributed by atoms with Crippen LogP contribution in [0.3, 0.4) is 0 Å². The fourth-order valence-electron chi connectivity index (χ4n) is 1.99. The molecule has 20 heavy (non-hydrogen) atoms. The quantitative estimate of drug-likeness (QED) is 0.828. The van der Waals surface area contributed by atoms with Crippen molar-refractivity contribution < 1.29 is 4.74 Å². The minimum absolute atomic E-state index is 0.556. The lowest BCUT2D eigenvalue weighted by Crippen LogP contribution is -2.14. The van der Waals surface area contributed by atoms with Gasteiger partial charge in [0.1, 0.15) is 5.75 Å². The van der Waals surface area contributed by atoms with Crippen molar-refractivity contribution in [1.29, 1.82) is 0 Å². The molecule has 0 fully saturated rings. The fourth-order valence-corrected chi connectivity index (χ4v) is 2.17. The van der Waals surface area contributed by atoms with Crippen LogP contribution in [0.1, 0.15) is 22.5 Å². The van der Waals surface area contributed by atoms with Gasteiger partial charge < -0.3 is 10.1 Å². The standard InChI is InChI=1S/C16H19ClN2O/c1-12-7-16(20-2)8-15(19-12)11-18-10-14-5-3-13(9-17)4-6-14/h3-8,18H,9-11H2,1-2H3. The number of halogens is 1. The Morgan fingerprint density at radius 3 is 2.45 bits per heavy atom. The predicted octanol–water partition coefficient (Wildman–Crippen LogP) is 3.43. The highest BCUT2D eigenvalue weighted by atomic mass is 35.5. The van der Waals surface area contributed by atoms with Gasteiger partial charge in [0.15, 0.2) is 0 Å². The number of hydrogen-bond donors (Lipinski definition) is 1. The maximum atomic E-state index is 5.77. The Kier molecular flexibility index (Phi) is 5.39. The summed E-state index contributed by atoms with van der Waals surface area (Å²) in [7, 11) is 1.67. The number of nitrogens with zero attached hydrogens (tertiary/aromatic N) is 1. The summed E-state index contributed by atoms with van der Waals surface area (Å²) in [5, 5.41) is 3.38. The van der Waals surface area contributed by atoms with E-state index in [1.165, 1.54) is 5.56 Å². The lowest BCUT2D eigenvalue weighted by molar-refractivity contribution is 0.412. The van der Waals surface area contributed by atoms with Crippen LogP contribution in [0.25, 0.3) is 0 Å². The minimum Gasteiger partial charge on any atom is -0.497 e. The number of aryl methyl sites for hydroxylation is 1. The number of rotatable bonds is 6. The van der Waals surface area contributed by atoms with Gasteiger partial charge in [0, 0.05) is 36.8 Å². The highest BCUT2D eigenvalue weighted by molar-refractivity contribution is 6.17. The molecule has 0 bridgehead atoms. The van der Waals surface area contributed by atoms with Crippen LogP contribution in [0.4, 0.5) is 0 Å². The Morgan fingerprint density at radius 2 is 1.80 bits per heavy atom. The second kappa shape index (κ2) is 7.27. The van der Waals surface area contributed by atoms with Gasteiger partial charge in [0.2, 0.25) is 0 Å². The second-order valence-corrected chi connectivity index (χ2v) is 4.96. The molecule has 0 radical (unpaired) electrons. The summed E-state index contributed by atoms with van der Waals surface area (Å²) in [6, 6.07) is 12.2. The Balaban J connectivity index is 1.90. The summed E-state index contributed by atoms with van der Waals surface area (Å²) in [4.78, 5) is 4.48. The number of alkyl halides is 1. The van der Waals surface area contributed by atoms with E-state index in [4.69, 9.17) is 16.3 Å². The molecule has 1 N–H and O–H groups in total. The van der Waals surface area contributed by atoms with E-state index in [1.54, 1.807) is 7.11 Å². The van der Waals surface area contributed by atoms with Crippen LogP contribution in [0.5, 0.6) is 5.75 Å². The summed E-state index contributed by atoms with van der Waals surface area (Å²) < 4.78 is 5.25. The van der Waals surface area contributed by atoms with Crippen molar-refractivity contribution in [3.63, 3.8) is 0 Å². The van der Waals surface area contributed by atoms with Gasteiger partial charge in [-0.05, 0) is 18.1 Å². The highest BCUT2D eigenvalue weighted by Gasteiger charge is 2.01. The Labute approximate surface area is 124 Å². The van der Waals surface area contributed by atoms with Crippen molar-refractivity contribution in [3.05, 3.63) is 58.9 Å². The van der Waals surface area contributed by atoms with E-state index in [2.05, 4.69) is 34.6 Å². The Morgan fingerprint density at radius 1 is 1.10 bits per heavy atom. The number of ether oxygens (including phenoxy) is 1. The summed E-state index contributed by atoms with van der Waals surface area (Å²) >= 11 is 5.77. The lowest BCUT2D eigenvalue weighted by atomic mass is 10.1. The lowest BCUT2D eigenvalue weighted by Gasteiger charge is -2.08. The normalized spacial score (nSPS) is 10.6. The Bertz CT molecular complexity index is 555. The van der Waals surface area contributed by atoms with E-state index >= 15 is 0 Å². The molecule has 0 atom stereocenters. The maximum absolute atomic E-state index is 5.77. The van der Waals surface area contributed by atoms with Crippen molar-refractivity contribution in [2.24, 2.45) is 0 Å². The molecular formula is C16H19ClN2O. The monoisotopic (exact) mass is 290 g/mol. The molecule has 0 unspecified atom stereocenters. The van der Waals surface area contributed by atoms with E-state index in [9.17, 15) is 0 Å². The molecule has 0 amide bonds. The van der Waals surface area contributed by atoms with Gasteiger partial charge in [-0.2, -0.15) is 0 Å².